The normalized spacial score (nSPS) is 23.0. The summed E-state index contributed by atoms with van der Waals surface area (Å²) >= 11 is 1.74. The van der Waals surface area contributed by atoms with Crippen molar-refractivity contribution in [2.45, 2.75) is 32.6 Å². The Labute approximate surface area is 135 Å². The molecule has 6 heteroatoms. The molecule has 22 heavy (non-hydrogen) atoms. The van der Waals surface area contributed by atoms with Gasteiger partial charge in [-0.1, -0.05) is 6.07 Å². The van der Waals surface area contributed by atoms with Gasteiger partial charge in [-0.15, -0.1) is 11.3 Å². The molecule has 0 radical (unpaired) electrons. The lowest BCUT2D eigenvalue weighted by molar-refractivity contribution is -0.0674. The van der Waals surface area contributed by atoms with Gasteiger partial charge in [0.25, 0.3) is 0 Å². The van der Waals surface area contributed by atoms with Gasteiger partial charge in [-0.2, -0.15) is 5.10 Å². The zero-order valence-corrected chi connectivity index (χ0v) is 14.0. The molecule has 0 saturated carbocycles. The zero-order chi connectivity index (χ0) is 15.4. The van der Waals surface area contributed by atoms with Gasteiger partial charge in [0.1, 0.15) is 0 Å². The second-order valence-electron chi connectivity index (χ2n) is 5.94. The molecule has 1 aliphatic heterocycles. The molecule has 1 saturated heterocycles. The molecular formula is C16H24N4OS. The standard InChI is InChI=1S/C16H24N4OS/c1-12-10-20(11-13(2)21-12)6-5-17-8-14-9-18-19-16(14)15-4-3-7-22-15/h3-4,7,9,12-13,17H,5-6,8,10-11H2,1-2H3,(H,18,19). The first-order valence-electron chi connectivity index (χ1n) is 7.87. The maximum Gasteiger partial charge on any atom is 0.0794 e. The van der Waals surface area contributed by atoms with Gasteiger partial charge in [0.2, 0.25) is 0 Å². The molecule has 3 heterocycles. The van der Waals surface area contributed by atoms with Gasteiger partial charge in [-0.25, -0.2) is 0 Å². The van der Waals surface area contributed by atoms with Crippen molar-refractivity contribution in [1.82, 2.24) is 20.4 Å². The molecule has 0 aliphatic carbocycles. The van der Waals surface area contributed by atoms with Crippen LogP contribution in [0.15, 0.2) is 23.7 Å². The summed E-state index contributed by atoms with van der Waals surface area (Å²) < 4.78 is 5.77. The van der Waals surface area contributed by atoms with Crippen molar-refractivity contribution < 1.29 is 4.74 Å². The third-order valence-electron chi connectivity index (χ3n) is 3.90. The van der Waals surface area contributed by atoms with Crippen LogP contribution in [-0.4, -0.2) is 53.5 Å². The van der Waals surface area contributed by atoms with E-state index in [1.165, 1.54) is 10.4 Å². The van der Waals surface area contributed by atoms with E-state index >= 15 is 0 Å². The van der Waals surface area contributed by atoms with Crippen LogP contribution in [0.2, 0.25) is 0 Å². The van der Waals surface area contributed by atoms with Crippen LogP contribution in [0.4, 0.5) is 0 Å². The Kier molecular flexibility index (Phi) is 5.25. The summed E-state index contributed by atoms with van der Waals surface area (Å²) in [6, 6.07) is 4.19. The molecule has 120 valence electrons. The largest absolute Gasteiger partial charge is 0.373 e. The topological polar surface area (TPSA) is 53.2 Å². The fraction of sp³-hybridized carbons (Fsp3) is 0.562. The van der Waals surface area contributed by atoms with Crippen molar-refractivity contribution in [1.29, 1.82) is 0 Å². The van der Waals surface area contributed by atoms with E-state index in [0.29, 0.717) is 12.2 Å². The fourth-order valence-corrected chi connectivity index (χ4v) is 3.76. The number of hydrogen-bond donors (Lipinski definition) is 2. The van der Waals surface area contributed by atoms with Gasteiger partial charge >= 0.3 is 0 Å². The third-order valence-corrected chi connectivity index (χ3v) is 4.79. The number of nitrogens with zero attached hydrogens (tertiary/aromatic N) is 2. The average Bonchev–Trinajstić information content (AvgIpc) is 3.13. The Bertz CT molecular complexity index is 558. The van der Waals surface area contributed by atoms with Crippen LogP contribution in [0.1, 0.15) is 19.4 Å². The van der Waals surface area contributed by atoms with E-state index < -0.39 is 0 Å². The molecule has 1 aliphatic rings. The number of aromatic amines is 1. The molecule has 0 aromatic carbocycles. The SMILES string of the molecule is CC1CN(CCNCc2cn[nH]c2-c2cccs2)CC(C)O1. The van der Waals surface area contributed by atoms with Crippen molar-refractivity contribution in [3.63, 3.8) is 0 Å². The van der Waals surface area contributed by atoms with Gasteiger partial charge in [0.15, 0.2) is 0 Å². The van der Waals surface area contributed by atoms with Gasteiger partial charge < -0.3 is 10.1 Å². The number of aromatic nitrogens is 2. The second-order valence-corrected chi connectivity index (χ2v) is 6.89. The van der Waals surface area contributed by atoms with E-state index in [-0.39, 0.29) is 0 Å². The highest BCUT2D eigenvalue weighted by Gasteiger charge is 2.21. The smallest absolute Gasteiger partial charge is 0.0794 e. The predicted molar refractivity (Wildman–Crippen MR) is 90.1 cm³/mol. The summed E-state index contributed by atoms with van der Waals surface area (Å²) in [5.41, 5.74) is 2.36. The predicted octanol–water partition coefficient (Wildman–Crippen LogP) is 2.34. The monoisotopic (exact) mass is 320 g/mol. The Morgan fingerprint density at radius 2 is 2.23 bits per heavy atom. The molecule has 2 atom stereocenters. The lowest BCUT2D eigenvalue weighted by atomic mass is 10.2. The maximum atomic E-state index is 5.77. The van der Waals surface area contributed by atoms with Crippen LogP contribution >= 0.6 is 11.3 Å². The lowest BCUT2D eigenvalue weighted by Gasteiger charge is -2.35. The van der Waals surface area contributed by atoms with Crippen molar-refractivity contribution in [2.75, 3.05) is 26.2 Å². The summed E-state index contributed by atoms with van der Waals surface area (Å²) in [4.78, 5) is 3.71. The Morgan fingerprint density at radius 3 is 2.95 bits per heavy atom. The number of thiophene rings is 1. The first-order chi connectivity index (χ1) is 10.7. The van der Waals surface area contributed by atoms with E-state index in [2.05, 4.69) is 51.8 Å². The minimum atomic E-state index is 0.336. The average molecular weight is 320 g/mol. The minimum Gasteiger partial charge on any atom is -0.373 e. The molecule has 2 N–H and O–H groups in total. The quantitative estimate of drug-likeness (QED) is 0.802. The minimum absolute atomic E-state index is 0.336. The van der Waals surface area contributed by atoms with Gasteiger partial charge in [0, 0.05) is 38.3 Å². The highest BCUT2D eigenvalue weighted by molar-refractivity contribution is 7.13. The molecule has 2 aromatic rings. The first kappa shape index (κ1) is 15.7. The molecule has 0 spiro atoms. The first-order valence-corrected chi connectivity index (χ1v) is 8.75. The Hall–Kier alpha value is -1.21. The summed E-state index contributed by atoms with van der Waals surface area (Å²) in [5.74, 6) is 0. The molecular weight excluding hydrogens is 296 g/mol. The van der Waals surface area contributed by atoms with Crippen LogP contribution in [0, 0.1) is 0 Å². The van der Waals surface area contributed by atoms with Crippen LogP contribution in [0.3, 0.4) is 0 Å². The van der Waals surface area contributed by atoms with Crippen molar-refractivity contribution >= 4 is 11.3 Å². The van der Waals surface area contributed by atoms with Gasteiger partial charge in [0.05, 0.1) is 29.0 Å². The zero-order valence-electron chi connectivity index (χ0n) is 13.2. The number of H-pyrrole nitrogens is 1. The van der Waals surface area contributed by atoms with E-state index in [4.69, 9.17) is 4.74 Å². The highest BCUT2D eigenvalue weighted by atomic mass is 32.1. The van der Waals surface area contributed by atoms with Crippen molar-refractivity contribution in [3.05, 3.63) is 29.3 Å². The van der Waals surface area contributed by atoms with E-state index in [1.807, 2.05) is 6.20 Å². The Balaban J connectivity index is 1.45. The summed E-state index contributed by atoms with van der Waals surface area (Å²) in [7, 11) is 0. The van der Waals surface area contributed by atoms with Crippen LogP contribution in [0.5, 0.6) is 0 Å². The number of nitrogens with one attached hydrogen (secondary N) is 2. The molecule has 0 amide bonds. The number of rotatable bonds is 6. The summed E-state index contributed by atoms with van der Waals surface area (Å²) in [5, 5.41) is 12.9. The fourth-order valence-electron chi connectivity index (χ4n) is 3.01. The van der Waals surface area contributed by atoms with Gasteiger partial charge in [-0.05, 0) is 25.3 Å². The molecule has 1 fully saturated rings. The molecule has 5 nitrogen and oxygen atoms in total. The van der Waals surface area contributed by atoms with Crippen molar-refractivity contribution in [3.8, 4) is 10.6 Å². The lowest BCUT2D eigenvalue weighted by Crippen LogP contribution is -2.47. The number of ether oxygens (including phenoxy) is 1. The summed E-state index contributed by atoms with van der Waals surface area (Å²) in [6.45, 7) is 9.23. The van der Waals surface area contributed by atoms with Crippen LogP contribution < -0.4 is 5.32 Å². The number of hydrogen-bond acceptors (Lipinski definition) is 5. The molecule has 3 rings (SSSR count). The number of morpholine rings is 1. The Morgan fingerprint density at radius 1 is 1.41 bits per heavy atom. The van der Waals surface area contributed by atoms with Crippen molar-refractivity contribution in [2.24, 2.45) is 0 Å². The second kappa shape index (κ2) is 7.37. The van der Waals surface area contributed by atoms with Gasteiger partial charge in [-0.3, -0.25) is 10.00 Å². The molecule has 2 aromatic heterocycles. The summed E-state index contributed by atoms with van der Waals surface area (Å²) in [6.07, 6.45) is 2.59. The van der Waals surface area contributed by atoms with Crippen LogP contribution in [0.25, 0.3) is 10.6 Å². The van der Waals surface area contributed by atoms with E-state index in [0.717, 1.165) is 38.4 Å². The van der Waals surface area contributed by atoms with E-state index in [1.54, 1.807) is 11.3 Å². The molecule has 2 unspecified atom stereocenters. The van der Waals surface area contributed by atoms with Crippen LogP contribution in [-0.2, 0) is 11.3 Å². The molecule has 0 bridgehead atoms. The van der Waals surface area contributed by atoms with E-state index in [9.17, 15) is 0 Å². The maximum absolute atomic E-state index is 5.77. The highest BCUT2D eigenvalue weighted by Crippen LogP contribution is 2.25. The third kappa shape index (κ3) is 3.95.